The van der Waals surface area contributed by atoms with Crippen molar-refractivity contribution in [3.63, 3.8) is 0 Å². The summed E-state index contributed by atoms with van der Waals surface area (Å²) in [5, 5.41) is 0. The number of esters is 2. The van der Waals surface area contributed by atoms with Crippen LogP contribution in [0.4, 0.5) is 0 Å². The van der Waals surface area contributed by atoms with Crippen molar-refractivity contribution in [2.45, 2.75) is 33.6 Å². The van der Waals surface area contributed by atoms with E-state index in [2.05, 4.69) is 32.9 Å². The molecule has 1 aliphatic heterocycles. The summed E-state index contributed by atoms with van der Waals surface area (Å²) in [6.07, 6.45) is 6.30. The highest BCUT2D eigenvalue weighted by Crippen LogP contribution is 2.63. The largest absolute Gasteiger partial charge is 0.393 e. The molecule has 1 heterocycles. The highest BCUT2D eigenvalue weighted by atomic mass is 16.6. The Morgan fingerprint density at radius 3 is 2.35 bits per heavy atom. The Morgan fingerprint density at radius 2 is 1.82 bits per heavy atom. The Hall–Kier alpha value is -1.12. The molecule has 4 atom stereocenters. The van der Waals surface area contributed by atoms with Crippen LogP contribution in [0.15, 0.2) is 12.2 Å². The average Bonchev–Trinajstić information content (AvgIpc) is 2.58. The highest BCUT2D eigenvalue weighted by Gasteiger charge is 2.66. The van der Waals surface area contributed by atoms with Crippen LogP contribution < -0.4 is 0 Å². The van der Waals surface area contributed by atoms with E-state index in [4.69, 9.17) is 4.74 Å². The molecule has 2 bridgehead atoms. The summed E-state index contributed by atoms with van der Waals surface area (Å²) in [7, 11) is 0. The molecule has 1 saturated carbocycles. The third-order valence-corrected chi connectivity index (χ3v) is 5.28. The van der Waals surface area contributed by atoms with E-state index in [1.165, 1.54) is 0 Å². The second kappa shape index (κ2) is 3.01. The first-order valence-electron chi connectivity index (χ1n) is 6.37. The fourth-order valence-electron chi connectivity index (χ4n) is 4.03. The van der Waals surface area contributed by atoms with Gasteiger partial charge in [0.15, 0.2) is 0 Å². The fourth-order valence-corrected chi connectivity index (χ4v) is 4.03. The number of hydrogen-bond donors (Lipinski definition) is 0. The van der Waals surface area contributed by atoms with Crippen molar-refractivity contribution in [3.8, 4) is 0 Å². The first-order valence-corrected chi connectivity index (χ1v) is 6.37. The number of carbonyl (C=O) groups is 2. The second-order valence-corrected chi connectivity index (χ2v) is 6.30. The summed E-state index contributed by atoms with van der Waals surface area (Å²) in [6, 6.07) is 0. The van der Waals surface area contributed by atoms with Crippen molar-refractivity contribution in [1.29, 1.82) is 0 Å². The van der Waals surface area contributed by atoms with Gasteiger partial charge in [-0.3, -0.25) is 9.59 Å². The van der Waals surface area contributed by atoms with E-state index >= 15 is 0 Å². The molecule has 0 aromatic carbocycles. The summed E-state index contributed by atoms with van der Waals surface area (Å²) in [6.45, 7) is 6.33. The van der Waals surface area contributed by atoms with Crippen LogP contribution in [0.1, 0.15) is 33.6 Å². The van der Waals surface area contributed by atoms with Crippen molar-refractivity contribution in [3.05, 3.63) is 12.2 Å². The van der Waals surface area contributed by atoms with E-state index in [-0.39, 0.29) is 34.6 Å². The quantitative estimate of drug-likeness (QED) is 0.397. The first kappa shape index (κ1) is 11.0. The van der Waals surface area contributed by atoms with Crippen LogP contribution in [0.3, 0.4) is 0 Å². The lowest BCUT2D eigenvalue weighted by molar-refractivity contribution is -0.154. The first-order chi connectivity index (χ1) is 7.91. The lowest BCUT2D eigenvalue weighted by atomic mass is 9.46. The van der Waals surface area contributed by atoms with E-state index in [0.29, 0.717) is 5.92 Å². The van der Waals surface area contributed by atoms with Gasteiger partial charge in [-0.05, 0) is 24.2 Å². The molecule has 3 aliphatic carbocycles. The molecule has 0 amide bonds. The van der Waals surface area contributed by atoms with E-state index < -0.39 is 0 Å². The molecule has 17 heavy (non-hydrogen) atoms. The minimum Gasteiger partial charge on any atom is -0.393 e. The summed E-state index contributed by atoms with van der Waals surface area (Å²) in [5.41, 5.74) is -0.337. The zero-order valence-electron chi connectivity index (χ0n) is 10.5. The highest BCUT2D eigenvalue weighted by molar-refractivity contribution is 5.98. The number of ether oxygens (including phenoxy) is 1. The molecule has 2 fully saturated rings. The van der Waals surface area contributed by atoms with Crippen molar-refractivity contribution < 1.29 is 14.3 Å². The van der Waals surface area contributed by atoms with E-state index in [1.54, 1.807) is 0 Å². The maximum absolute atomic E-state index is 12.0. The Balaban J connectivity index is 2.18. The van der Waals surface area contributed by atoms with Gasteiger partial charge in [0, 0.05) is 5.41 Å². The van der Waals surface area contributed by atoms with Gasteiger partial charge in [0.25, 0.3) is 0 Å². The number of hydrogen-bond acceptors (Lipinski definition) is 3. The van der Waals surface area contributed by atoms with Gasteiger partial charge in [-0.2, -0.15) is 0 Å². The molecule has 3 heteroatoms. The van der Waals surface area contributed by atoms with Gasteiger partial charge >= 0.3 is 11.9 Å². The van der Waals surface area contributed by atoms with Crippen LogP contribution in [-0.4, -0.2) is 11.9 Å². The van der Waals surface area contributed by atoms with E-state index in [0.717, 1.165) is 12.8 Å². The standard InChI is InChI=1S/C14H18O3/c1-8(2)14-6-4-13(3,5-7-14)9-10(14)12(16)17-11(9)15/h4,6,8-10H,5,7H2,1-3H3/t9-,10+,13+,14+/m1/s1. The summed E-state index contributed by atoms with van der Waals surface area (Å²) in [4.78, 5) is 23.9. The molecule has 0 aromatic heterocycles. The van der Waals surface area contributed by atoms with Crippen LogP contribution in [-0.2, 0) is 14.3 Å². The number of allylic oxidation sites excluding steroid dienone is 2. The van der Waals surface area contributed by atoms with Crippen molar-refractivity contribution in [2.75, 3.05) is 0 Å². The van der Waals surface area contributed by atoms with Gasteiger partial charge in [-0.1, -0.05) is 32.9 Å². The fraction of sp³-hybridized carbons (Fsp3) is 0.714. The van der Waals surface area contributed by atoms with Crippen LogP contribution in [0.2, 0.25) is 0 Å². The molecule has 0 N–H and O–H groups in total. The zero-order chi connectivity index (χ0) is 12.4. The number of cyclic esters (lactones) is 2. The predicted molar refractivity (Wildman–Crippen MR) is 61.8 cm³/mol. The third-order valence-electron chi connectivity index (χ3n) is 5.28. The molecule has 0 spiro atoms. The smallest absolute Gasteiger partial charge is 0.318 e. The Bertz CT molecular complexity index is 437. The Labute approximate surface area is 101 Å². The molecule has 4 aliphatic rings. The lowest BCUT2D eigenvalue weighted by Gasteiger charge is -2.54. The molecular weight excluding hydrogens is 216 g/mol. The predicted octanol–water partition coefficient (Wildman–Crippen LogP) is 2.31. The maximum atomic E-state index is 12.0. The molecule has 92 valence electrons. The maximum Gasteiger partial charge on any atom is 0.318 e. The summed E-state index contributed by atoms with van der Waals surface area (Å²) in [5.74, 6) is -0.759. The van der Waals surface area contributed by atoms with Crippen molar-refractivity contribution in [1.82, 2.24) is 0 Å². The van der Waals surface area contributed by atoms with Crippen LogP contribution in [0, 0.1) is 28.6 Å². The van der Waals surface area contributed by atoms with Crippen molar-refractivity contribution >= 4 is 11.9 Å². The van der Waals surface area contributed by atoms with E-state index in [1.807, 2.05) is 0 Å². The van der Waals surface area contributed by atoms with Crippen molar-refractivity contribution in [2.24, 2.45) is 28.6 Å². The number of carbonyl (C=O) groups excluding carboxylic acids is 2. The SMILES string of the molecule is CC(C)[C@]12C=C[C@@](C)(CC1)[C@H]1C(=O)OC(=O)[C@H]12. The molecule has 3 nitrogen and oxygen atoms in total. The minimum absolute atomic E-state index is 0.161. The Kier molecular flexibility index (Phi) is 1.94. The van der Waals surface area contributed by atoms with E-state index in [9.17, 15) is 9.59 Å². The van der Waals surface area contributed by atoms with Gasteiger partial charge in [-0.25, -0.2) is 0 Å². The molecule has 4 rings (SSSR count). The Morgan fingerprint density at radius 1 is 1.18 bits per heavy atom. The second-order valence-electron chi connectivity index (χ2n) is 6.30. The summed E-state index contributed by atoms with van der Waals surface area (Å²) < 4.78 is 4.91. The van der Waals surface area contributed by atoms with Gasteiger partial charge in [0.1, 0.15) is 0 Å². The number of rotatable bonds is 1. The van der Waals surface area contributed by atoms with Gasteiger partial charge in [0.2, 0.25) is 0 Å². The van der Waals surface area contributed by atoms with Crippen LogP contribution >= 0.6 is 0 Å². The van der Waals surface area contributed by atoms with Gasteiger partial charge in [0.05, 0.1) is 11.8 Å². The molecule has 0 aromatic rings. The minimum atomic E-state index is -0.309. The molecule has 1 saturated heterocycles. The summed E-state index contributed by atoms with van der Waals surface area (Å²) >= 11 is 0. The molecular formula is C14H18O3. The third kappa shape index (κ3) is 1.12. The zero-order valence-corrected chi connectivity index (χ0v) is 10.5. The lowest BCUT2D eigenvalue weighted by Crippen LogP contribution is -2.53. The number of fused-ring (bicyclic) bond motifs is 1. The normalized spacial score (nSPS) is 47.5. The van der Waals surface area contributed by atoms with Gasteiger partial charge in [-0.15, -0.1) is 0 Å². The average molecular weight is 234 g/mol. The molecule has 0 unspecified atom stereocenters. The van der Waals surface area contributed by atoms with Crippen LogP contribution in [0.25, 0.3) is 0 Å². The van der Waals surface area contributed by atoms with Crippen LogP contribution in [0.5, 0.6) is 0 Å². The topological polar surface area (TPSA) is 43.4 Å². The molecule has 0 radical (unpaired) electrons. The van der Waals surface area contributed by atoms with Gasteiger partial charge < -0.3 is 4.74 Å². The monoisotopic (exact) mass is 234 g/mol.